The van der Waals surface area contributed by atoms with Crippen LogP contribution in [-0.2, 0) is 19.6 Å². The Morgan fingerprint density at radius 2 is 1.70 bits per heavy atom. The summed E-state index contributed by atoms with van der Waals surface area (Å²) in [6.07, 6.45) is 0. The average molecular weight is 474 g/mol. The van der Waals surface area contributed by atoms with E-state index in [0.717, 1.165) is 4.90 Å². The molecule has 10 nitrogen and oxygen atoms in total. The molecule has 0 radical (unpaired) electrons. The molecular weight excluding hydrogens is 450 g/mol. The van der Waals surface area contributed by atoms with Crippen molar-refractivity contribution in [3.63, 3.8) is 0 Å². The predicted molar refractivity (Wildman–Crippen MR) is 118 cm³/mol. The van der Waals surface area contributed by atoms with E-state index in [4.69, 9.17) is 9.47 Å². The molecule has 2 aromatic carbocycles. The molecule has 0 atom stereocenters. The Bertz CT molecular complexity index is 1170. The number of nitrogens with one attached hydrogen (secondary N) is 1. The first-order valence-electron chi connectivity index (χ1n) is 10.4. The van der Waals surface area contributed by atoms with Crippen molar-refractivity contribution in [1.29, 1.82) is 0 Å². The number of benzene rings is 2. The second-order valence-electron chi connectivity index (χ2n) is 7.40. The van der Waals surface area contributed by atoms with Gasteiger partial charge in [-0.2, -0.15) is 4.31 Å². The summed E-state index contributed by atoms with van der Waals surface area (Å²) in [6, 6.07) is 10.6. The van der Waals surface area contributed by atoms with Gasteiger partial charge in [0.1, 0.15) is 17.2 Å². The maximum atomic E-state index is 13.2. The molecule has 33 heavy (non-hydrogen) atoms. The van der Waals surface area contributed by atoms with Crippen molar-refractivity contribution in [3.05, 3.63) is 53.6 Å². The van der Waals surface area contributed by atoms with Crippen LogP contribution in [0, 0.1) is 0 Å². The molecule has 1 N–H and O–H groups in total. The standard InChI is InChI=1S/C22H23N3O7S/c1-2-32-18-8-7-15(13-19(18)33(29,30)24-9-11-31-12-10-24)23-20(26)14-25-21(27)16-5-3-4-6-17(16)22(25)28/h3-8,13H,2,9-12,14H2,1H3,(H,23,26). The third-order valence-corrected chi connectivity index (χ3v) is 7.21. The molecule has 0 saturated carbocycles. The zero-order valence-electron chi connectivity index (χ0n) is 17.9. The summed E-state index contributed by atoms with van der Waals surface area (Å²) in [5.41, 5.74) is 0.692. The van der Waals surface area contributed by atoms with E-state index >= 15 is 0 Å². The molecule has 0 aromatic heterocycles. The van der Waals surface area contributed by atoms with Crippen LogP contribution in [0.1, 0.15) is 27.6 Å². The van der Waals surface area contributed by atoms with Crippen LogP contribution in [0.3, 0.4) is 0 Å². The van der Waals surface area contributed by atoms with Gasteiger partial charge in [-0.1, -0.05) is 12.1 Å². The van der Waals surface area contributed by atoms with Crippen molar-refractivity contribution in [2.45, 2.75) is 11.8 Å². The summed E-state index contributed by atoms with van der Waals surface area (Å²) in [7, 11) is -3.89. The van der Waals surface area contributed by atoms with Gasteiger partial charge < -0.3 is 14.8 Å². The summed E-state index contributed by atoms with van der Waals surface area (Å²) in [4.78, 5) is 38.4. The summed E-state index contributed by atoms with van der Waals surface area (Å²) < 4.78 is 38.4. The first kappa shape index (κ1) is 22.9. The molecule has 1 fully saturated rings. The molecular formula is C22H23N3O7S. The zero-order valence-corrected chi connectivity index (χ0v) is 18.8. The van der Waals surface area contributed by atoms with E-state index in [9.17, 15) is 22.8 Å². The van der Waals surface area contributed by atoms with Crippen molar-refractivity contribution in [3.8, 4) is 5.75 Å². The van der Waals surface area contributed by atoms with E-state index in [0.29, 0.717) is 13.2 Å². The van der Waals surface area contributed by atoms with Gasteiger partial charge in [-0.05, 0) is 37.3 Å². The zero-order chi connectivity index (χ0) is 23.6. The monoisotopic (exact) mass is 473 g/mol. The number of carbonyl (C=O) groups excluding carboxylic acids is 3. The number of rotatable bonds is 7. The third-order valence-electron chi connectivity index (χ3n) is 5.30. The van der Waals surface area contributed by atoms with E-state index in [1.54, 1.807) is 19.1 Å². The molecule has 0 bridgehead atoms. The van der Waals surface area contributed by atoms with Crippen molar-refractivity contribution in [2.75, 3.05) is 44.8 Å². The highest BCUT2D eigenvalue weighted by Crippen LogP contribution is 2.31. The lowest BCUT2D eigenvalue weighted by molar-refractivity contribution is -0.116. The van der Waals surface area contributed by atoms with Crippen molar-refractivity contribution >= 4 is 33.4 Å². The van der Waals surface area contributed by atoms with E-state index < -0.39 is 34.3 Å². The number of amides is 3. The molecule has 1 saturated heterocycles. The second kappa shape index (κ2) is 9.30. The van der Waals surface area contributed by atoms with Crippen LogP contribution >= 0.6 is 0 Å². The number of anilines is 1. The van der Waals surface area contributed by atoms with Crippen LogP contribution in [0.25, 0.3) is 0 Å². The second-order valence-corrected chi connectivity index (χ2v) is 9.31. The summed E-state index contributed by atoms with van der Waals surface area (Å²) in [5, 5.41) is 2.57. The Morgan fingerprint density at radius 1 is 1.06 bits per heavy atom. The Kier molecular flexibility index (Phi) is 6.45. The lowest BCUT2D eigenvalue weighted by Gasteiger charge is -2.27. The van der Waals surface area contributed by atoms with Crippen LogP contribution in [0.15, 0.2) is 47.4 Å². The fourth-order valence-electron chi connectivity index (χ4n) is 3.72. The van der Waals surface area contributed by atoms with E-state index in [1.807, 2.05) is 0 Å². The van der Waals surface area contributed by atoms with Gasteiger partial charge in [0.15, 0.2) is 0 Å². The molecule has 2 aliphatic heterocycles. The number of morpholine rings is 1. The first-order valence-corrected chi connectivity index (χ1v) is 11.9. The lowest BCUT2D eigenvalue weighted by atomic mass is 10.1. The molecule has 3 amide bonds. The minimum absolute atomic E-state index is 0.0789. The van der Waals surface area contributed by atoms with Crippen LogP contribution in [0.2, 0.25) is 0 Å². The van der Waals surface area contributed by atoms with Gasteiger partial charge in [-0.3, -0.25) is 19.3 Å². The number of nitrogens with zero attached hydrogens (tertiary/aromatic N) is 2. The van der Waals surface area contributed by atoms with Gasteiger partial charge in [-0.25, -0.2) is 8.42 Å². The Morgan fingerprint density at radius 3 is 2.30 bits per heavy atom. The van der Waals surface area contributed by atoms with Crippen LogP contribution in [0.4, 0.5) is 5.69 Å². The highest BCUT2D eigenvalue weighted by atomic mass is 32.2. The fraction of sp³-hybridized carbons (Fsp3) is 0.318. The smallest absolute Gasteiger partial charge is 0.262 e. The summed E-state index contributed by atoms with van der Waals surface area (Å²) >= 11 is 0. The Balaban J connectivity index is 1.54. The molecule has 0 aliphatic carbocycles. The van der Waals surface area contributed by atoms with Crippen LogP contribution in [-0.4, -0.2) is 74.8 Å². The highest BCUT2D eigenvalue weighted by Gasteiger charge is 2.36. The van der Waals surface area contributed by atoms with Crippen LogP contribution in [0.5, 0.6) is 5.75 Å². The topological polar surface area (TPSA) is 122 Å². The SMILES string of the molecule is CCOc1ccc(NC(=O)CN2C(=O)c3ccccc3C2=O)cc1S(=O)(=O)N1CCOCC1. The predicted octanol–water partition coefficient (Wildman–Crippen LogP) is 1.34. The Labute approximate surface area is 191 Å². The lowest BCUT2D eigenvalue weighted by Crippen LogP contribution is -2.40. The van der Waals surface area contributed by atoms with Gasteiger partial charge in [0.05, 0.1) is 30.9 Å². The Hall–Kier alpha value is -3.28. The quantitative estimate of drug-likeness (QED) is 0.602. The normalized spacial score (nSPS) is 16.6. The van der Waals surface area contributed by atoms with Gasteiger partial charge in [0.25, 0.3) is 11.8 Å². The van der Waals surface area contributed by atoms with E-state index in [2.05, 4.69) is 5.32 Å². The maximum absolute atomic E-state index is 13.2. The highest BCUT2D eigenvalue weighted by molar-refractivity contribution is 7.89. The third kappa shape index (κ3) is 4.47. The van der Waals surface area contributed by atoms with Crippen molar-refractivity contribution in [1.82, 2.24) is 9.21 Å². The summed E-state index contributed by atoms with van der Waals surface area (Å²) in [5.74, 6) is -1.56. The van der Waals surface area contributed by atoms with E-state index in [1.165, 1.54) is 34.6 Å². The number of carbonyl (C=O) groups is 3. The molecule has 2 aromatic rings. The number of fused-ring (bicyclic) bond motifs is 1. The van der Waals surface area contributed by atoms with E-state index in [-0.39, 0.29) is 47.2 Å². The molecule has 0 spiro atoms. The molecule has 0 unspecified atom stereocenters. The minimum Gasteiger partial charge on any atom is -0.492 e. The number of hydrogen-bond donors (Lipinski definition) is 1. The van der Waals surface area contributed by atoms with Gasteiger partial charge in [-0.15, -0.1) is 0 Å². The minimum atomic E-state index is -3.89. The molecule has 4 rings (SSSR count). The maximum Gasteiger partial charge on any atom is 0.262 e. The van der Waals surface area contributed by atoms with Crippen molar-refractivity contribution in [2.24, 2.45) is 0 Å². The first-order chi connectivity index (χ1) is 15.8. The molecule has 2 heterocycles. The van der Waals surface area contributed by atoms with Gasteiger partial charge in [0, 0.05) is 18.8 Å². The van der Waals surface area contributed by atoms with Crippen LogP contribution < -0.4 is 10.1 Å². The van der Waals surface area contributed by atoms with Crippen molar-refractivity contribution < 1.29 is 32.3 Å². The number of imide groups is 1. The number of ether oxygens (including phenoxy) is 2. The fourth-order valence-corrected chi connectivity index (χ4v) is 5.28. The molecule has 11 heteroatoms. The number of hydrogen-bond acceptors (Lipinski definition) is 7. The van der Waals surface area contributed by atoms with Gasteiger partial charge >= 0.3 is 0 Å². The summed E-state index contributed by atoms with van der Waals surface area (Å²) in [6.45, 7) is 2.51. The molecule has 174 valence electrons. The average Bonchev–Trinajstić information content (AvgIpc) is 3.05. The largest absolute Gasteiger partial charge is 0.492 e. The molecule has 2 aliphatic rings. The van der Waals surface area contributed by atoms with Gasteiger partial charge in [0.2, 0.25) is 15.9 Å². The number of sulfonamides is 1.